The molecule has 2 rings (SSSR count). The summed E-state index contributed by atoms with van der Waals surface area (Å²) >= 11 is 0. The summed E-state index contributed by atoms with van der Waals surface area (Å²) < 4.78 is 2.18. The summed E-state index contributed by atoms with van der Waals surface area (Å²) in [6.07, 6.45) is 3.38. The second kappa shape index (κ2) is 3.28. The SMILES string of the molecule is Cl.Cn1cccc1[C@@H]1CCN1. The van der Waals surface area contributed by atoms with Gasteiger partial charge in [0.1, 0.15) is 0 Å². The molecule has 1 aliphatic heterocycles. The smallest absolute Gasteiger partial charge is 0.0486 e. The van der Waals surface area contributed by atoms with Crippen LogP contribution in [0.4, 0.5) is 0 Å². The van der Waals surface area contributed by atoms with E-state index in [0.29, 0.717) is 6.04 Å². The van der Waals surface area contributed by atoms with Crippen LogP contribution in [0.25, 0.3) is 0 Å². The van der Waals surface area contributed by atoms with Gasteiger partial charge in [0.15, 0.2) is 0 Å². The molecule has 0 amide bonds. The van der Waals surface area contributed by atoms with E-state index in [2.05, 4.69) is 35.3 Å². The number of halogens is 1. The van der Waals surface area contributed by atoms with E-state index in [1.165, 1.54) is 18.7 Å². The fourth-order valence-electron chi connectivity index (χ4n) is 1.38. The average molecular weight is 173 g/mol. The van der Waals surface area contributed by atoms with Crippen LogP contribution in [0.1, 0.15) is 18.2 Å². The zero-order valence-electron chi connectivity index (χ0n) is 6.58. The Morgan fingerprint density at radius 1 is 1.64 bits per heavy atom. The molecule has 2 heterocycles. The minimum absolute atomic E-state index is 0. The van der Waals surface area contributed by atoms with Gasteiger partial charge in [0.2, 0.25) is 0 Å². The minimum atomic E-state index is 0. The predicted molar refractivity (Wildman–Crippen MR) is 48.0 cm³/mol. The lowest BCUT2D eigenvalue weighted by molar-refractivity contribution is 0.367. The third-order valence-electron chi connectivity index (χ3n) is 2.16. The highest BCUT2D eigenvalue weighted by Crippen LogP contribution is 2.21. The molecule has 2 nitrogen and oxygen atoms in total. The number of hydrogen-bond acceptors (Lipinski definition) is 1. The first kappa shape index (κ1) is 8.62. The van der Waals surface area contributed by atoms with Crippen LogP contribution in [0.3, 0.4) is 0 Å². The van der Waals surface area contributed by atoms with Gasteiger partial charge in [-0.15, -0.1) is 12.4 Å². The second-order valence-electron chi connectivity index (χ2n) is 2.84. The summed E-state index contributed by atoms with van der Waals surface area (Å²) in [6, 6.07) is 4.89. The van der Waals surface area contributed by atoms with Gasteiger partial charge in [-0.2, -0.15) is 0 Å². The highest BCUT2D eigenvalue weighted by molar-refractivity contribution is 5.85. The maximum Gasteiger partial charge on any atom is 0.0486 e. The molecule has 0 spiro atoms. The van der Waals surface area contributed by atoms with Gasteiger partial charge < -0.3 is 9.88 Å². The summed E-state index contributed by atoms with van der Waals surface area (Å²) in [7, 11) is 2.09. The first-order valence-electron chi connectivity index (χ1n) is 3.72. The highest BCUT2D eigenvalue weighted by Gasteiger charge is 2.19. The molecule has 0 unspecified atom stereocenters. The largest absolute Gasteiger partial charge is 0.353 e. The topological polar surface area (TPSA) is 17.0 Å². The van der Waals surface area contributed by atoms with Gasteiger partial charge >= 0.3 is 0 Å². The Morgan fingerprint density at radius 3 is 2.73 bits per heavy atom. The Bertz CT molecular complexity index is 228. The van der Waals surface area contributed by atoms with Gasteiger partial charge in [-0.1, -0.05) is 0 Å². The summed E-state index contributed by atoms with van der Waals surface area (Å²) in [6.45, 7) is 1.18. The van der Waals surface area contributed by atoms with Crippen LogP contribution >= 0.6 is 12.4 Å². The average Bonchev–Trinajstić information content (AvgIpc) is 2.12. The van der Waals surface area contributed by atoms with E-state index >= 15 is 0 Å². The van der Waals surface area contributed by atoms with E-state index in [1.54, 1.807) is 0 Å². The van der Waals surface area contributed by atoms with Crippen LogP contribution in [0.5, 0.6) is 0 Å². The molecule has 62 valence electrons. The van der Waals surface area contributed by atoms with Crippen LogP contribution in [0.2, 0.25) is 0 Å². The summed E-state index contributed by atoms with van der Waals surface area (Å²) in [5, 5.41) is 3.37. The molecule has 11 heavy (non-hydrogen) atoms. The Hall–Kier alpha value is -0.470. The maximum atomic E-state index is 3.37. The minimum Gasteiger partial charge on any atom is -0.353 e. The number of hydrogen-bond donors (Lipinski definition) is 1. The van der Waals surface area contributed by atoms with Gasteiger partial charge in [0.25, 0.3) is 0 Å². The molecule has 0 aliphatic carbocycles. The van der Waals surface area contributed by atoms with Crippen LogP contribution in [-0.2, 0) is 7.05 Å². The quantitative estimate of drug-likeness (QED) is 0.679. The number of aromatic nitrogens is 1. The molecule has 0 radical (unpaired) electrons. The van der Waals surface area contributed by atoms with E-state index in [-0.39, 0.29) is 12.4 Å². The summed E-state index contributed by atoms with van der Waals surface area (Å²) in [4.78, 5) is 0. The molecule has 0 saturated carbocycles. The molecule has 1 aromatic rings. The Morgan fingerprint density at radius 2 is 2.36 bits per heavy atom. The Kier molecular flexibility index (Phi) is 2.58. The number of nitrogens with zero attached hydrogens (tertiary/aromatic N) is 1. The van der Waals surface area contributed by atoms with E-state index in [9.17, 15) is 0 Å². The van der Waals surface area contributed by atoms with Crippen LogP contribution < -0.4 is 5.32 Å². The molecule has 3 heteroatoms. The van der Waals surface area contributed by atoms with Crippen LogP contribution in [0.15, 0.2) is 18.3 Å². The van der Waals surface area contributed by atoms with Gasteiger partial charge in [-0.05, 0) is 25.1 Å². The Balaban J connectivity index is 0.000000605. The van der Waals surface area contributed by atoms with E-state index in [0.717, 1.165) is 0 Å². The fraction of sp³-hybridized carbons (Fsp3) is 0.500. The van der Waals surface area contributed by atoms with Crippen molar-refractivity contribution in [3.8, 4) is 0 Å². The van der Waals surface area contributed by atoms with Crippen molar-refractivity contribution in [2.24, 2.45) is 7.05 Å². The predicted octanol–water partition coefficient (Wildman–Crippen LogP) is 1.48. The standard InChI is InChI=1S/C8H12N2.ClH/c1-10-6-2-3-8(10)7-4-5-9-7;/h2-3,6-7,9H,4-5H2,1H3;1H/t7-;/m0./s1. The van der Waals surface area contributed by atoms with Crippen molar-refractivity contribution in [2.45, 2.75) is 12.5 Å². The molecule has 1 N–H and O–H groups in total. The lowest BCUT2D eigenvalue weighted by atomic mass is 10.0. The van der Waals surface area contributed by atoms with Crippen LogP contribution in [-0.4, -0.2) is 11.1 Å². The zero-order valence-corrected chi connectivity index (χ0v) is 7.40. The Labute approximate surface area is 73.0 Å². The van der Waals surface area contributed by atoms with Crippen molar-refractivity contribution >= 4 is 12.4 Å². The molecular weight excluding hydrogens is 160 g/mol. The van der Waals surface area contributed by atoms with E-state index < -0.39 is 0 Å². The first-order chi connectivity index (χ1) is 4.88. The van der Waals surface area contributed by atoms with Crippen molar-refractivity contribution in [3.05, 3.63) is 24.0 Å². The van der Waals surface area contributed by atoms with Crippen molar-refractivity contribution in [2.75, 3.05) is 6.54 Å². The molecule has 1 aromatic heterocycles. The van der Waals surface area contributed by atoms with E-state index in [4.69, 9.17) is 0 Å². The van der Waals surface area contributed by atoms with Crippen molar-refractivity contribution in [3.63, 3.8) is 0 Å². The number of aryl methyl sites for hydroxylation is 1. The van der Waals surface area contributed by atoms with Crippen molar-refractivity contribution < 1.29 is 0 Å². The normalized spacial score (nSPS) is 22.1. The lowest BCUT2D eigenvalue weighted by Crippen LogP contribution is -2.36. The molecule has 1 atom stereocenters. The second-order valence-corrected chi connectivity index (χ2v) is 2.84. The monoisotopic (exact) mass is 172 g/mol. The van der Waals surface area contributed by atoms with Gasteiger partial charge in [-0.3, -0.25) is 0 Å². The van der Waals surface area contributed by atoms with Gasteiger partial charge in [0, 0.05) is 25.0 Å². The lowest BCUT2D eigenvalue weighted by Gasteiger charge is -2.28. The zero-order chi connectivity index (χ0) is 6.97. The summed E-state index contributed by atoms with van der Waals surface area (Å²) in [5.74, 6) is 0. The number of nitrogens with one attached hydrogen (secondary N) is 1. The first-order valence-corrected chi connectivity index (χ1v) is 3.72. The summed E-state index contributed by atoms with van der Waals surface area (Å²) in [5.41, 5.74) is 1.41. The van der Waals surface area contributed by atoms with Crippen molar-refractivity contribution in [1.82, 2.24) is 9.88 Å². The molecule has 0 aromatic carbocycles. The molecule has 1 saturated heterocycles. The van der Waals surface area contributed by atoms with Crippen LogP contribution in [0, 0.1) is 0 Å². The molecule has 1 aliphatic rings. The third kappa shape index (κ3) is 1.42. The third-order valence-corrected chi connectivity index (χ3v) is 2.16. The maximum absolute atomic E-state index is 3.37. The van der Waals surface area contributed by atoms with Crippen molar-refractivity contribution in [1.29, 1.82) is 0 Å². The van der Waals surface area contributed by atoms with Gasteiger partial charge in [-0.25, -0.2) is 0 Å². The highest BCUT2D eigenvalue weighted by atomic mass is 35.5. The van der Waals surface area contributed by atoms with Gasteiger partial charge in [0.05, 0.1) is 0 Å². The number of rotatable bonds is 1. The molecule has 1 fully saturated rings. The molecular formula is C8H13ClN2. The van der Waals surface area contributed by atoms with E-state index in [1.807, 2.05) is 0 Å². The fourth-order valence-corrected chi connectivity index (χ4v) is 1.38. The molecule has 0 bridgehead atoms.